The van der Waals surface area contributed by atoms with E-state index in [4.69, 9.17) is 0 Å². The van der Waals surface area contributed by atoms with E-state index in [1.54, 1.807) is 0 Å². The molecule has 0 spiro atoms. The smallest absolute Gasteiger partial charge is 0.0606 e. The highest BCUT2D eigenvalue weighted by atomic mass is 16.3. The summed E-state index contributed by atoms with van der Waals surface area (Å²) in [5.74, 6) is 0.811. The molecule has 1 rings (SSSR count). The van der Waals surface area contributed by atoms with Gasteiger partial charge in [0.2, 0.25) is 0 Å². The first kappa shape index (κ1) is 13.2. The molecule has 0 aliphatic heterocycles. The molecule has 16 heavy (non-hydrogen) atoms. The third kappa shape index (κ3) is 3.34. The quantitative estimate of drug-likeness (QED) is 0.793. The van der Waals surface area contributed by atoms with Crippen molar-refractivity contribution in [3.8, 4) is 0 Å². The molecule has 2 atom stereocenters. The lowest BCUT2D eigenvalue weighted by Gasteiger charge is -2.19. The van der Waals surface area contributed by atoms with Crippen molar-refractivity contribution in [3.63, 3.8) is 0 Å². The van der Waals surface area contributed by atoms with Gasteiger partial charge < -0.3 is 5.11 Å². The zero-order valence-corrected chi connectivity index (χ0v) is 10.9. The second-order valence-electron chi connectivity index (χ2n) is 4.97. The van der Waals surface area contributed by atoms with Gasteiger partial charge in [0.1, 0.15) is 0 Å². The van der Waals surface area contributed by atoms with Gasteiger partial charge in [0.05, 0.1) is 6.10 Å². The van der Waals surface area contributed by atoms with E-state index in [2.05, 4.69) is 52.0 Å². The van der Waals surface area contributed by atoms with Gasteiger partial charge in [-0.05, 0) is 23.5 Å². The molecule has 0 aliphatic carbocycles. The molecule has 0 aliphatic rings. The zero-order chi connectivity index (χ0) is 12.1. The van der Waals surface area contributed by atoms with E-state index in [0.717, 1.165) is 12.8 Å². The molecule has 1 heteroatoms. The van der Waals surface area contributed by atoms with E-state index >= 15 is 0 Å². The minimum Gasteiger partial charge on any atom is -0.393 e. The van der Waals surface area contributed by atoms with Crippen LogP contribution in [-0.4, -0.2) is 11.2 Å². The second kappa shape index (κ2) is 6.05. The summed E-state index contributed by atoms with van der Waals surface area (Å²) in [6.45, 7) is 8.61. The molecule has 0 saturated heterocycles. The number of aliphatic hydroxyl groups is 1. The van der Waals surface area contributed by atoms with Crippen molar-refractivity contribution in [1.82, 2.24) is 0 Å². The molecule has 1 aromatic rings. The van der Waals surface area contributed by atoms with Crippen LogP contribution in [0, 0.1) is 0 Å². The average Bonchev–Trinajstić information content (AvgIpc) is 2.28. The maximum atomic E-state index is 9.95. The fourth-order valence-electron chi connectivity index (χ4n) is 1.95. The second-order valence-corrected chi connectivity index (χ2v) is 4.97. The molecule has 0 fully saturated rings. The maximum Gasteiger partial charge on any atom is 0.0606 e. The number of hydrogen-bond donors (Lipinski definition) is 1. The van der Waals surface area contributed by atoms with Crippen LogP contribution in [0.3, 0.4) is 0 Å². The predicted octanol–water partition coefficient (Wildman–Crippen LogP) is 4.07. The summed E-state index contributed by atoms with van der Waals surface area (Å²) in [5.41, 5.74) is 2.60. The van der Waals surface area contributed by atoms with E-state index in [9.17, 15) is 5.11 Å². The Balaban J connectivity index is 2.73. The van der Waals surface area contributed by atoms with Gasteiger partial charge in [0.15, 0.2) is 0 Å². The Morgan fingerprint density at radius 2 is 1.50 bits per heavy atom. The molecule has 0 amide bonds. The third-order valence-electron chi connectivity index (χ3n) is 3.29. The number of benzene rings is 1. The first-order valence-electron chi connectivity index (χ1n) is 6.34. The van der Waals surface area contributed by atoms with Crippen molar-refractivity contribution in [3.05, 3.63) is 35.4 Å². The van der Waals surface area contributed by atoms with Crippen molar-refractivity contribution < 1.29 is 5.11 Å². The standard InChI is InChI=1S/C15H24O/c1-5-6-15(16)12(4)14-9-7-13(8-10-14)11(2)3/h7-12,15-16H,5-6H2,1-4H3. The number of hydrogen-bond acceptors (Lipinski definition) is 1. The molecule has 0 aromatic heterocycles. The van der Waals surface area contributed by atoms with E-state index in [0.29, 0.717) is 5.92 Å². The highest BCUT2D eigenvalue weighted by molar-refractivity contribution is 5.27. The van der Waals surface area contributed by atoms with Crippen LogP contribution in [0.15, 0.2) is 24.3 Å². The van der Waals surface area contributed by atoms with E-state index in [1.165, 1.54) is 11.1 Å². The Morgan fingerprint density at radius 3 is 1.94 bits per heavy atom. The SMILES string of the molecule is CCCC(O)C(C)c1ccc(C(C)C)cc1. The number of rotatable bonds is 5. The van der Waals surface area contributed by atoms with Gasteiger partial charge in [-0.25, -0.2) is 0 Å². The molecule has 0 bridgehead atoms. The van der Waals surface area contributed by atoms with Gasteiger partial charge in [-0.1, -0.05) is 58.4 Å². The van der Waals surface area contributed by atoms with Gasteiger partial charge in [-0.3, -0.25) is 0 Å². The molecule has 2 unspecified atom stereocenters. The zero-order valence-electron chi connectivity index (χ0n) is 10.9. The fraction of sp³-hybridized carbons (Fsp3) is 0.600. The highest BCUT2D eigenvalue weighted by Crippen LogP contribution is 2.24. The molecular weight excluding hydrogens is 196 g/mol. The first-order valence-corrected chi connectivity index (χ1v) is 6.34. The van der Waals surface area contributed by atoms with Crippen LogP contribution >= 0.6 is 0 Å². The van der Waals surface area contributed by atoms with Crippen molar-refractivity contribution in [2.24, 2.45) is 0 Å². The summed E-state index contributed by atoms with van der Waals surface area (Å²) < 4.78 is 0. The molecule has 0 saturated carbocycles. The molecule has 1 nitrogen and oxygen atoms in total. The van der Waals surface area contributed by atoms with Crippen LogP contribution in [0.2, 0.25) is 0 Å². The van der Waals surface area contributed by atoms with Gasteiger partial charge in [-0.2, -0.15) is 0 Å². The van der Waals surface area contributed by atoms with Crippen LogP contribution in [0.5, 0.6) is 0 Å². The van der Waals surface area contributed by atoms with Crippen LogP contribution in [0.4, 0.5) is 0 Å². The summed E-state index contributed by atoms with van der Waals surface area (Å²) in [6.07, 6.45) is 1.71. The summed E-state index contributed by atoms with van der Waals surface area (Å²) in [4.78, 5) is 0. The van der Waals surface area contributed by atoms with E-state index in [1.807, 2.05) is 0 Å². The topological polar surface area (TPSA) is 20.2 Å². The average molecular weight is 220 g/mol. The largest absolute Gasteiger partial charge is 0.393 e. The first-order chi connectivity index (χ1) is 7.56. The normalized spacial score (nSPS) is 15.1. The Kier molecular flexibility index (Phi) is 5.01. The lowest BCUT2D eigenvalue weighted by atomic mass is 9.91. The number of aliphatic hydroxyl groups excluding tert-OH is 1. The molecule has 0 radical (unpaired) electrons. The van der Waals surface area contributed by atoms with Crippen LogP contribution in [0.25, 0.3) is 0 Å². The van der Waals surface area contributed by atoms with Gasteiger partial charge in [0.25, 0.3) is 0 Å². The van der Waals surface area contributed by atoms with Gasteiger partial charge in [-0.15, -0.1) is 0 Å². The monoisotopic (exact) mass is 220 g/mol. The van der Waals surface area contributed by atoms with Gasteiger partial charge in [0, 0.05) is 5.92 Å². The summed E-state index contributed by atoms with van der Waals surface area (Å²) in [5, 5.41) is 9.95. The Labute approximate surface area is 99.5 Å². The van der Waals surface area contributed by atoms with E-state index in [-0.39, 0.29) is 12.0 Å². The minimum atomic E-state index is -0.213. The maximum absolute atomic E-state index is 9.95. The van der Waals surface area contributed by atoms with Crippen molar-refractivity contribution in [2.45, 2.75) is 58.5 Å². The molecule has 1 N–H and O–H groups in total. The fourth-order valence-corrected chi connectivity index (χ4v) is 1.95. The third-order valence-corrected chi connectivity index (χ3v) is 3.29. The highest BCUT2D eigenvalue weighted by Gasteiger charge is 2.15. The summed E-state index contributed by atoms with van der Waals surface area (Å²) in [6, 6.07) is 8.65. The Bertz CT molecular complexity index is 300. The van der Waals surface area contributed by atoms with Crippen LogP contribution in [0.1, 0.15) is 63.5 Å². The summed E-state index contributed by atoms with van der Waals surface area (Å²) >= 11 is 0. The van der Waals surface area contributed by atoms with Crippen LogP contribution < -0.4 is 0 Å². The predicted molar refractivity (Wildman–Crippen MR) is 69.9 cm³/mol. The van der Waals surface area contributed by atoms with Crippen molar-refractivity contribution >= 4 is 0 Å². The lowest BCUT2D eigenvalue weighted by Crippen LogP contribution is -2.15. The van der Waals surface area contributed by atoms with Crippen LogP contribution in [-0.2, 0) is 0 Å². The lowest BCUT2D eigenvalue weighted by molar-refractivity contribution is 0.139. The summed E-state index contributed by atoms with van der Waals surface area (Å²) in [7, 11) is 0. The van der Waals surface area contributed by atoms with Crippen molar-refractivity contribution in [1.29, 1.82) is 0 Å². The van der Waals surface area contributed by atoms with E-state index < -0.39 is 0 Å². The van der Waals surface area contributed by atoms with Crippen molar-refractivity contribution in [2.75, 3.05) is 0 Å². The molecule has 0 heterocycles. The molecule has 1 aromatic carbocycles. The minimum absolute atomic E-state index is 0.213. The molecular formula is C15H24O. The Morgan fingerprint density at radius 1 is 1.00 bits per heavy atom. The van der Waals surface area contributed by atoms with Gasteiger partial charge >= 0.3 is 0 Å². The molecule has 90 valence electrons. The Hall–Kier alpha value is -0.820.